The van der Waals surface area contributed by atoms with Gasteiger partial charge in [-0.05, 0) is 82.6 Å². The number of pyridine rings is 1. The Balaban J connectivity index is 1.43. The fraction of sp³-hybridized carbons (Fsp3) is 0.179. The van der Waals surface area contributed by atoms with E-state index in [9.17, 15) is 4.79 Å². The second kappa shape index (κ2) is 10.6. The molecular formula is C39H33NO2. The predicted octanol–water partition coefficient (Wildman–Crippen LogP) is 9.48. The molecule has 0 spiro atoms. The summed E-state index contributed by atoms with van der Waals surface area (Å²) in [5, 5.41) is 3.51. The lowest BCUT2D eigenvalue weighted by Crippen LogP contribution is -2.33. The van der Waals surface area contributed by atoms with E-state index < -0.39 is 5.41 Å². The standard InChI is InChI=1S/C39H33NO2/c1-26(28-13-5-3-6-14-28)24-39(25-27(2)38(41)42-32-18-7-4-8-19-32)34-22-30-16-10-9-15-29(30)21-33(34)37-35(39)23-31-17-11-12-20-36(31)40-37/h3-23,26-27H,24-25H2,1-2H3. The van der Waals surface area contributed by atoms with Crippen LogP contribution in [0.1, 0.15) is 49.3 Å². The molecule has 42 heavy (non-hydrogen) atoms. The topological polar surface area (TPSA) is 39.2 Å². The Bertz CT molecular complexity index is 1830. The second-order valence-corrected chi connectivity index (χ2v) is 11.8. The van der Waals surface area contributed by atoms with Gasteiger partial charge in [0.1, 0.15) is 5.75 Å². The van der Waals surface area contributed by atoms with Crippen LogP contribution >= 0.6 is 0 Å². The Labute approximate surface area is 246 Å². The summed E-state index contributed by atoms with van der Waals surface area (Å²) < 4.78 is 5.88. The first kappa shape index (κ1) is 26.2. The van der Waals surface area contributed by atoms with Crippen molar-refractivity contribution in [2.45, 2.75) is 38.0 Å². The molecule has 6 aromatic rings. The molecule has 0 bridgehead atoms. The van der Waals surface area contributed by atoms with Crippen molar-refractivity contribution in [1.29, 1.82) is 0 Å². The molecule has 3 heteroatoms. The molecule has 3 nitrogen and oxygen atoms in total. The van der Waals surface area contributed by atoms with Gasteiger partial charge in [-0.3, -0.25) is 4.79 Å². The van der Waals surface area contributed by atoms with E-state index in [1.807, 2.05) is 43.3 Å². The molecule has 206 valence electrons. The third-order valence-electron chi connectivity index (χ3n) is 8.94. The van der Waals surface area contributed by atoms with Gasteiger partial charge >= 0.3 is 5.97 Å². The molecule has 0 fully saturated rings. The first-order chi connectivity index (χ1) is 20.5. The van der Waals surface area contributed by atoms with Crippen molar-refractivity contribution >= 4 is 27.6 Å². The van der Waals surface area contributed by atoms with Gasteiger partial charge in [0.15, 0.2) is 0 Å². The van der Waals surface area contributed by atoms with Crippen LogP contribution in [0.2, 0.25) is 0 Å². The highest BCUT2D eigenvalue weighted by atomic mass is 16.5. The Kier molecular flexibility index (Phi) is 6.59. The number of carbonyl (C=O) groups is 1. The number of nitrogens with zero attached hydrogens (tertiary/aromatic N) is 1. The summed E-state index contributed by atoms with van der Waals surface area (Å²) >= 11 is 0. The Hall–Kier alpha value is -4.76. The van der Waals surface area contributed by atoms with E-state index in [1.54, 1.807) is 0 Å². The molecule has 1 aliphatic carbocycles. The summed E-state index contributed by atoms with van der Waals surface area (Å²) in [6.45, 7) is 4.31. The summed E-state index contributed by atoms with van der Waals surface area (Å²) in [6, 6.07) is 43.9. The van der Waals surface area contributed by atoms with Gasteiger partial charge in [-0.2, -0.15) is 0 Å². The Morgan fingerprint density at radius 2 is 1.29 bits per heavy atom. The van der Waals surface area contributed by atoms with Gasteiger partial charge in [-0.15, -0.1) is 0 Å². The van der Waals surface area contributed by atoms with Crippen molar-refractivity contribution in [3.05, 3.63) is 144 Å². The molecule has 3 atom stereocenters. The number of ether oxygens (including phenoxy) is 1. The molecule has 0 amide bonds. The number of para-hydroxylation sites is 2. The highest BCUT2D eigenvalue weighted by molar-refractivity contribution is 5.95. The number of aromatic nitrogens is 1. The third kappa shape index (κ3) is 4.55. The summed E-state index contributed by atoms with van der Waals surface area (Å²) in [5.74, 6) is 0.273. The van der Waals surface area contributed by atoms with E-state index in [-0.39, 0.29) is 17.8 Å². The van der Waals surface area contributed by atoms with Gasteiger partial charge in [0, 0.05) is 16.4 Å². The lowest BCUT2D eigenvalue weighted by molar-refractivity contribution is -0.139. The van der Waals surface area contributed by atoms with Crippen LogP contribution in [0.3, 0.4) is 0 Å². The van der Waals surface area contributed by atoms with Crippen LogP contribution in [0, 0.1) is 5.92 Å². The van der Waals surface area contributed by atoms with E-state index in [0.29, 0.717) is 12.2 Å². The second-order valence-electron chi connectivity index (χ2n) is 11.8. The van der Waals surface area contributed by atoms with Crippen LogP contribution in [0.5, 0.6) is 5.75 Å². The number of benzene rings is 5. The normalized spacial score (nSPS) is 17.0. The van der Waals surface area contributed by atoms with E-state index >= 15 is 0 Å². The zero-order valence-electron chi connectivity index (χ0n) is 24.0. The molecule has 1 aliphatic rings. The first-order valence-electron chi connectivity index (χ1n) is 14.8. The van der Waals surface area contributed by atoms with Gasteiger partial charge in [-0.1, -0.05) is 105 Å². The zero-order chi connectivity index (χ0) is 28.7. The van der Waals surface area contributed by atoms with Gasteiger partial charge in [-0.25, -0.2) is 4.98 Å². The van der Waals surface area contributed by atoms with Crippen molar-refractivity contribution in [1.82, 2.24) is 4.98 Å². The SMILES string of the molecule is CC(CC1(CC(C)c2ccccc2)c2cc3ccccc3cc2-c2nc3ccccc3cc21)C(=O)Oc1ccccc1. The lowest BCUT2D eigenvalue weighted by Gasteiger charge is -2.36. The highest BCUT2D eigenvalue weighted by Gasteiger charge is 2.47. The van der Waals surface area contributed by atoms with Crippen molar-refractivity contribution in [2.24, 2.45) is 5.92 Å². The molecular weight excluding hydrogens is 514 g/mol. The van der Waals surface area contributed by atoms with Gasteiger partial charge in [0.05, 0.1) is 17.1 Å². The fourth-order valence-electron chi connectivity index (χ4n) is 6.92. The highest BCUT2D eigenvalue weighted by Crippen LogP contribution is 2.56. The van der Waals surface area contributed by atoms with Crippen molar-refractivity contribution in [2.75, 3.05) is 0 Å². The smallest absolute Gasteiger partial charge is 0.314 e. The molecule has 0 radical (unpaired) electrons. The zero-order valence-corrected chi connectivity index (χ0v) is 24.0. The summed E-state index contributed by atoms with van der Waals surface area (Å²) in [5.41, 5.74) is 6.49. The molecule has 0 saturated carbocycles. The average Bonchev–Trinajstić information content (AvgIpc) is 3.26. The maximum Gasteiger partial charge on any atom is 0.314 e. The molecule has 5 aromatic carbocycles. The van der Waals surface area contributed by atoms with Gasteiger partial charge < -0.3 is 4.74 Å². The van der Waals surface area contributed by atoms with Crippen LogP contribution in [-0.2, 0) is 10.2 Å². The van der Waals surface area contributed by atoms with Crippen LogP contribution in [-0.4, -0.2) is 11.0 Å². The van der Waals surface area contributed by atoms with Crippen LogP contribution in [0.15, 0.2) is 127 Å². The Morgan fingerprint density at radius 3 is 2.02 bits per heavy atom. The Morgan fingerprint density at radius 1 is 0.690 bits per heavy atom. The predicted molar refractivity (Wildman–Crippen MR) is 171 cm³/mol. The number of esters is 1. The monoisotopic (exact) mass is 547 g/mol. The molecule has 3 unspecified atom stereocenters. The summed E-state index contributed by atoms with van der Waals surface area (Å²) in [6.07, 6.45) is 1.46. The van der Waals surface area contributed by atoms with E-state index in [2.05, 4.69) is 97.9 Å². The molecule has 0 saturated heterocycles. The maximum atomic E-state index is 13.6. The summed E-state index contributed by atoms with van der Waals surface area (Å²) in [4.78, 5) is 18.9. The van der Waals surface area contributed by atoms with Crippen LogP contribution in [0.25, 0.3) is 32.9 Å². The summed E-state index contributed by atoms with van der Waals surface area (Å²) in [7, 11) is 0. The quantitative estimate of drug-likeness (QED) is 0.148. The minimum Gasteiger partial charge on any atom is -0.426 e. The maximum absolute atomic E-state index is 13.6. The minimum atomic E-state index is -0.434. The number of rotatable bonds is 7. The number of hydrogen-bond donors (Lipinski definition) is 0. The largest absolute Gasteiger partial charge is 0.426 e. The van der Waals surface area contributed by atoms with E-state index in [1.165, 1.54) is 33.0 Å². The fourth-order valence-corrected chi connectivity index (χ4v) is 6.92. The van der Waals surface area contributed by atoms with Crippen LogP contribution < -0.4 is 4.74 Å². The first-order valence-corrected chi connectivity index (χ1v) is 14.8. The van der Waals surface area contributed by atoms with Gasteiger partial charge in [0.25, 0.3) is 0 Å². The molecule has 7 rings (SSSR count). The van der Waals surface area contributed by atoms with Crippen molar-refractivity contribution in [3.63, 3.8) is 0 Å². The van der Waals surface area contributed by atoms with Crippen molar-refractivity contribution < 1.29 is 9.53 Å². The third-order valence-corrected chi connectivity index (χ3v) is 8.94. The van der Waals surface area contributed by atoms with E-state index in [4.69, 9.17) is 9.72 Å². The molecule has 1 heterocycles. The molecule has 1 aromatic heterocycles. The number of hydrogen-bond acceptors (Lipinski definition) is 3. The average molecular weight is 548 g/mol. The van der Waals surface area contributed by atoms with Crippen LogP contribution in [0.4, 0.5) is 0 Å². The molecule has 0 N–H and O–H groups in total. The number of fused-ring (bicyclic) bond motifs is 5. The lowest BCUT2D eigenvalue weighted by atomic mass is 9.66. The number of carbonyl (C=O) groups excluding carboxylic acids is 1. The minimum absolute atomic E-state index is 0.211. The van der Waals surface area contributed by atoms with Gasteiger partial charge in [0.2, 0.25) is 0 Å². The molecule has 0 aliphatic heterocycles. The van der Waals surface area contributed by atoms with Crippen molar-refractivity contribution in [3.8, 4) is 17.0 Å². The van der Waals surface area contributed by atoms with E-state index in [0.717, 1.165) is 23.0 Å².